The molecule has 0 radical (unpaired) electrons. The number of methoxy groups -OCH3 is 1. The van der Waals surface area contributed by atoms with Crippen LogP contribution < -0.4 is 15.5 Å². The largest absolute Gasteiger partial charge is 0.380 e. The second kappa shape index (κ2) is 8.11. The number of nitrogens with zero attached hydrogens (tertiary/aromatic N) is 2. The van der Waals surface area contributed by atoms with E-state index in [0.717, 1.165) is 38.8 Å². The summed E-state index contributed by atoms with van der Waals surface area (Å²) in [6.45, 7) is 2.22. The van der Waals surface area contributed by atoms with Crippen LogP contribution in [0.5, 0.6) is 0 Å². The molecular weight excluding hydrogens is 404 g/mol. The SMILES string of the molecule is COC1CCCC2C1NCC1C(=O)N(c3cccc(Cl)c3)C(=O)N([C@H]3CCNC3)C12. The average Bonchev–Trinajstić information content (AvgIpc) is 3.27. The van der Waals surface area contributed by atoms with E-state index in [-0.39, 0.29) is 48.0 Å². The average molecular weight is 433 g/mol. The molecule has 0 aromatic heterocycles. The van der Waals surface area contributed by atoms with E-state index in [9.17, 15) is 9.59 Å². The van der Waals surface area contributed by atoms with E-state index >= 15 is 0 Å². The second-order valence-corrected chi connectivity index (χ2v) is 9.33. The Morgan fingerprint density at radius 2 is 2.03 bits per heavy atom. The van der Waals surface area contributed by atoms with Crippen molar-refractivity contribution in [3.63, 3.8) is 0 Å². The zero-order chi connectivity index (χ0) is 20.8. The van der Waals surface area contributed by atoms with Crippen molar-refractivity contribution in [1.82, 2.24) is 15.5 Å². The van der Waals surface area contributed by atoms with Crippen LogP contribution in [0.15, 0.2) is 24.3 Å². The molecule has 4 aliphatic rings. The molecule has 5 unspecified atom stereocenters. The first-order valence-corrected chi connectivity index (χ1v) is 11.4. The molecule has 8 heteroatoms. The first-order chi connectivity index (χ1) is 14.6. The molecule has 1 aromatic rings. The van der Waals surface area contributed by atoms with Crippen molar-refractivity contribution in [3.8, 4) is 0 Å². The highest BCUT2D eigenvalue weighted by atomic mass is 35.5. The molecular formula is C22H29ClN4O3. The molecule has 7 nitrogen and oxygen atoms in total. The summed E-state index contributed by atoms with van der Waals surface area (Å²) in [7, 11) is 1.76. The summed E-state index contributed by atoms with van der Waals surface area (Å²) < 4.78 is 5.77. The Morgan fingerprint density at radius 1 is 1.17 bits per heavy atom. The Hall–Kier alpha value is -1.67. The Labute approximate surface area is 182 Å². The number of nitrogens with one attached hydrogen (secondary N) is 2. The first kappa shape index (κ1) is 20.2. The standard InChI is InChI=1S/C22H29ClN4O3/c1-30-18-7-3-6-16-19(18)25-12-17-20(16)26(15-8-9-24-11-15)22(29)27(21(17)28)14-5-2-4-13(23)10-14/h2,4-5,10,15-20,24-25H,3,6-9,11-12H2,1H3/t15-,16?,17?,18?,19?,20?/m0/s1. The minimum absolute atomic E-state index is 0.0884. The van der Waals surface area contributed by atoms with E-state index in [1.807, 2.05) is 4.90 Å². The highest BCUT2D eigenvalue weighted by Crippen LogP contribution is 2.42. The molecule has 3 saturated heterocycles. The van der Waals surface area contributed by atoms with E-state index in [4.69, 9.17) is 16.3 Å². The lowest BCUT2D eigenvalue weighted by atomic mass is 9.69. The lowest BCUT2D eigenvalue weighted by Gasteiger charge is -2.56. The molecule has 6 atom stereocenters. The van der Waals surface area contributed by atoms with E-state index in [1.165, 1.54) is 4.90 Å². The third-order valence-corrected chi connectivity index (χ3v) is 7.62. The van der Waals surface area contributed by atoms with Crippen LogP contribution in [-0.4, -0.2) is 67.8 Å². The number of anilines is 1. The molecule has 0 spiro atoms. The van der Waals surface area contributed by atoms with Crippen LogP contribution in [0.4, 0.5) is 10.5 Å². The zero-order valence-corrected chi connectivity index (χ0v) is 18.0. The van der Waals surface area contributed by atoms with E-state index in [2.05, 4.69) is 10.6 Å². The second-order valence-electron chi connectivity index (χ2n) is 8.89. The zero-order valence-electron chi connectivity index (χ0n) is 17.2. The maximum atomic E-state index is 13.8. The van der Waals surface area contributed by atoms with Gasteiger partial charge in [0, 0.05) is 37.3 Å². The molecule has 0 bridgehead atoms. The summed E-state index contributed by atoms with van der Waals surface area (Å²) >= 11 is 6.18. The summed E-state index contributed by atoms with van der Waals surface area (Å²) in [4.78, 5) is 30.8. The van der Waals surface area contributed by atoms with Crippen molar-refractivity contribution < 1.29 is 14.3 Å². The van der Waals surface area contributed by atoms with Gasteiger partial charge in [-0.25, -0.2) is 9.69 Å². The summed E-state index contributed by atoms with van der Waals surface area (Å²) in [5, 5.41) is 7.52. The predicted octanol–water partition coefficient (Wildman–Crippen LogP) is 2.24. The number of amides is 3. The number of fused-ring (bicyclic) bond motifs is 3. The topological polar surface area (TPSA) is 73.9 Å². The van der Waals surface area contributed by atoms with Gasteiger partial charge in [-0.3, -0.25) is 4.79 Å². The fraction of sp³-hybridized carbons (Fsp3) is 0.636. The highest BCUT2D eigenvalue weighted by molar-refractivity contribution is 6.31. The number of imide groups is 1. The number of ether oxygens (including phenoxy) is 1. The maximum Gasteiger partial charge on any atom is 0.331 e. The minimum Gasteiger partial charge on any atom is -0.380 e. The third-order valence-electron chi connectivity index (χ3n) is 7.38. The lowest BCUT2D eigenvalue weighted by molar-refractivity contribution is -0.131. The minimum atomic E-state index is -0.265. The quantitative estimate of drug-likeness (QED) is 0.766. The Bertz CT molecular complexity index is 830. The maximum absolute atomic E-state index is 13.8. The molecule has 5 rings (SSSR count). The van der Waals surface area contributed by atoms with Crippen molar-refractivity contribution in [2.45, 2.75) is 49.9 Å². The molecule has 30 heavy (non-hydrogen) atoms. The Kier molecular flexibility index (Phi) is 5.47. The van der Waals surface area contributed by atoms with Gasteiger partial charge < -0.3 is 20.3 Å². The van der Waals surface area contributed by atoms with Crippen LogP contribution in [0.2, 0.25) is 5.02 Å². The summed E-state index contributed by atoms with van der Waals surface area (Å²) in [5.41, 5.74) is 0.549. The van der Waals surface area contributed by atoms with Crippen molar-refractivity contribution in [2.75, 3.05) is 31.6 Å². The van der Waals surface area contributed by atoms with Gasteiger partial charge in [0.15, 0.2) is 0 Å². The van der Waals surface area contributed by atoms with Crippen LogP contribution in [0, 0.1) is 11.8 Å². The van der Waals surface area contributed by atoms with Gasteiger partial charge in [0.05, 0.1) is 23.8 Å². The van der Waals surface area contributed by atoms with Gasteiger partial charge in [-0.1, -0.05) is 24.1 Å². The van der Waals surface area contributed by atoms with Crippen molar-refractivity contribution >= 4 is 29.2 Å². The smallest absolute Gasteiger partial charge is 0.331 e. The Morgan fingerprint density at radius 3 is 2.77 bits per heavy atom. The number of carbonyl (C=O) groups is 2. The van der Waals surface area contributed by atoms with Crippen molar-refractivity contribution in [2.24, 2.45) is 11.8 Å². The van der Waals surface area contributed by atoms with E-state index in [1.54, 1.807) is 31.4 Å². The van der Waals surface area contributed by atoms with E-state index < -0.39 is 0 Å². The summed E-state index contributed by atoms with van der Waals surface area (Å²) in [5.74, 6) is -0.170. The van der Waals surface area contributed by atoms with Gasteiger partial charge in [0.25, 0.3) is 0 Å². The predicted molar refractivity (Wildman–Crippen MR) is 115 cm³/mol. The molecule has 1 aliphatic carbocycles. The van der Waals surface area contributed by atoms with Crippen LogP contribution in [0.25, 0.3) is 0 Å². The van der Waals surface area contributed by atoms with Gasteiger partial charge in [0.2, 0.25) is 5.91 Å². The number of benzene rings is 1. The van der Waals surface area contributed by atoms with Gasteiger partial charge in [0.1, 0.15) is 0 Å². The lowest BCUT2D eigenvalue weighted by Crippen LogP contribution is -2.74. The van der Waals surface area contributed by atoms with Crippen LogP contribution in [0.1, 0.15) is 25.7 Å². The van der Waals surface area contributed by atoms with Crippen LogP contribution in [-0.2, 0) is 9.53 Å². The van der Waals surface area contributed by atoms with Gasteiger partial charge >= 0.3 is 6.03 Å². The monoisotopic (exact) mass is 432 g/mol. The number of piperidine rings is 1. The number of urea groups is 1. The van der Waals surface area contributed by atoms with E-state index in [0.29, 0.717) is 17.3 Å². The normalized spacial score (nSPS) is 36.6. The molecule has 2 N–H and O–H groups in total. The van der Waals surface area contributed by atoms with Gasteiger partial charge in [-0.15, -0.1) is 0 Å². The number of rotatable bonds is 3. The first-order valence-electron chi connectivity index (χ1n) is 11.0. The molecule has 1 saturated carbocycles. The van der Waals surface area contributed by atoms with Crippen LogP contribution in [0.3, 0.4) is 0 Å². The number of carbonyl (C=O) groups excluding carboxylic acids is 2. The fourth-order valence-electron chi connectivity index (χ4n) is 6.07. The fourth-order valence-corrected chi connectivity index (χ4v) is 6.25. The number of hydrogen-bond acceptors (Lipinski definition) is 5. The number of hydrogen-bond donors (Lipinski definition) is 2. The molecule has 1 aromatic carbocycles. The molecule has 162 valence electrons. The third kappa shape index (κ3) is 3.23. The Balaban J connectivity index is 1.55. The van der Waals surface area contributed by atoms with Crippen molar-refractivity contribution in [3.05, 3.63) is 29.3 Å². The molecule has 4 fully saturated rings. The number of halogens is 1. The van der Waals surface area contributed by atoms with Gasteiger partial charge in [-0.2, -0.15) is 0 Å². The summed E-state index contributed by atoms with van der Waals surface area (Å²) in [6.07, 6.45) is 4.12. The van der Waals surface area contributed by atoms with Gasteiger partial charge in [-0.05, 0) is 49.9 Å². The molecule has 3 amide bonds. The molecule has 3 heterocycles. The van der Waals surface area contributed by atoms with Crippen LogP contribution >= 0.6 is 11.6 Å². The summed E-state index contributed by atoms with van der Waals surface area (Å²) in [6, 6.07) is 7.00. The molecule has 3 aliphatic heterocycles. The highest BCUT2D eigenvalue weighted by Gasteiger charge is 2.56. The van der Waals surface area contributed by atoms with Crippen molar-refractivity contribution in [1.29, 1.82) is 0 Å².